The van der Waals surface area contributed by atoms with Crippen LogP contribution in [0.5, 0.6) is 0 Å². The predicted octanol–water partition coefficient (Wildman–Crippen LogP) is 3.36. The van der Waals surface area contributed by atoms with E-state index in [1.165, 1.54) is 11.1 Å². The third-order valence-corrected chi connectivity index (χ3v) is 3.61. The standard InChI is InChI=1S/C17H24N2O/c1-5-15-10-16(19(6-2)18-15)11-17(20)14-8-12(3)7-13(4)9-14/h7-10,17,20H,5-6,11H2,1-4H3. The quantitative estimate of drug-likeness (QED) is 0.906. The summed E-state index contributed by atoms with van der Waals surface area (Å²) in [5, 5.41) is 15.0. The largest absolute Gasteiger partial charge is 0.388 e. The van der Waals surface area contributed by atoms with Gasteiger partial charge in [0.05, 0.1) is 11.8 Å². The first-order valence-electron chi connectivity index (χ1n) is 7.35. The Morgan fingerprint density at radius 2 is 1.75 bits per heavy atom. The molecule has 0 amide bonds. The zero-order valence-corrected chi connectivity index (χ0v) is 12.8. The van der Waals surface area contributed by atoms with E-state index in [0.29, 0.717) is 6.42 Å². The molecule has 1 aromatic heterocycles. The van der Waals surface area contributed by atoms with Gasteiger partial charge in [-0.25, -0.2) is 0 Å². The first kappa shape index (κ1) is 14.8. The van der Waals surface area contributed by atoms with Crippen LogP contribution in [-0.4, -0.2) is 14.9 Å². The summed E-state index contributed by atoms with van der Waals surface area (Å²) in [4.78, 5) is 0. The molecule has 20 heavy (non-hydrogen) atoms. The summed E-state index contributed by atoms with van der Waals surface area (Å²) in [7, 11) is 0. The van der Waals surface area contributed by atoms with Gasteiger partial charge in [-0.2, -0.15) is 5.10 Å². The van der Waals surface area contributed by atoms with Crippen LogP contribution in [0.15, 0.2) is 24.3 Å². The third-order valence-electron chi connectivity index (χ3n) is 3.61. The zero-order chi connectivity index (χ0) is 14.7. The van der Waals surface area contributed by atoms with E-state index >= 15 is 0 Å². The Kier molecular flexibility index (Phi) is 4.61. The SMILES string of the molecule is CCc1cc(CC(O)c2cc(C)cc(C)c2)n(CC)n1. The monoisotopic (exact) mass is 272 g/mol. The van der Waals surface area contributed by atoms with Crippen LogP contribution in [0.4, 0.5) is 0 Å². The molecule has 2 rings (SSSR count). The second-order valence-corrected chi connectivity index (χ2v) is 5.44. The van der Waals surface area contributed by atoms with Crippen LogP contribution in [0, 0.1) is 13.8 Å². The van der Waals surface area contributed by atoms with Gasteiger partial charge in [0.2, 0.25) is 0 Å². The van der Waals surface area contributed by atoms with Gasteiger partial charge in [0, 0.05) is 18.7 Å². The van der Waals surface area contributed by atoms with E-state index in [9.17, 15) is 5.11 Å². The van der Waals surface area contributed by atoms with Crippen molar-refractivity contribution in [3.8, 4) is 0 Å². The van der Waals surface area contributed by atoms with Crippen molar-refractivity contribution in [2.75, 3.05) is 0 Å². The summed E-state index contributed by atoms with van der Waals surface area (Å²) in [5.74, 6) is 0. The molecule has 3 nitrogen and oxygen atoms in total. The summed E-state index contributed by atoms with van der Waals surface area (Å²) in [6, 6.07) is 8.35. The number of aromatic nitrogens is 2. The molecule has 2 aromatic rings. The summed E-state index contributed by atoms with van der Waals surface area (Å²) in [6.07, 6.45) is 1.07. The molecule has 3 heteroatoms. The van der Waals surface area contributed by atoms with Gasteiger partial charge in [0.25, 0.3) is 0 Å². The van der Waals surface area contributed by atoms with Crippen LogP contribution in [0.3, 0.4) is 0 Å². The Balaban J connectivity index is 2.22. The molecule has 1 unspecified atom stereocenters. The van der Waals surface area contributed by atoms with Crippen molar-refractivity contribution in [2.45, 2.75) is 53.2 Å². The van der Waals surface area contributed by atoms with Gasteiger partial charge < -0.3 is 5.11 Å². The first-order chi connectivity index (χ1) is 9.53. The Labute approximate surface area is 121 Å². The van der Waals surface area contributed by atoms with Gasteiger partial charge in [0.15, 0.2) is 0 Å². The van der Waals surface area contributed by atoms with Crippen molar-refractivity contribution in [3.05, 3.63) is 52.3 Å². The number of aliphatic hydroxyl groups excluding tert-OH is 1. The summed E-state index contributed by atoms with van der Waals surface area (Å²) in [6.45, 7) is 9.16. The highest BCUT2D eigenvalue weighted by molar-refractivity contribution is 5.30. The predicted molar refractivity (Wildman–Crippen MR) is 81.9 cm³/mol. The number of aryl methyl sites for hydroxylation is 4. The number of aliphatic hydroxyl groups is 1. The van der Waals surface area contributed by atoms with Gasteiger partial charge in [-0.05, 0) is 38.8 Å². The van der Waals surface area contributed by atoms with Crippen molar-refractivity contribution < 1.29 is 5.11 Å². The molecule has 1 N–H and O–H groups in total. The lowest BCUT2D eigenvalue weighted by Crippen LogP contribution is -2.08. The summed E-state index contributed by atoms with van der Waals surface area (Å²) in [5.41, 5.74) is 5.57. The molecule has 108 valence electrons. The van der Waals surface area contributed by atoms with E-state index in [1.807, 2.05) is 4.68 Å². The molecular weight excluding hydrogens is 248 g/mol. The van der Waals surface area contributed by atoms with E-state index in [0.717, 1.165) is 29.9 Å². The van der Waals surface area contributed by atoms with Gasteiger partial charge in [-0.1, -0.05) is 36.2 Å². The molecular formula is C17H24N2O. The first-order valence-corrected chi connectivity index (χ1v) is 7.35. The van der Waals surface area contributed by atoms with E-state index in [4.69, 9.17) is 0 Å². The van der Waals surface area contributed by atoms with Gasteiger partial charge in [-0.3, -0.25) is 4.68 Å². The van der Waals surface area contributed by atoms with Crippen LogP contribution in [-0.2, 0) is 19.4 Å². The number of hydrogen-bond donors (Lipinski definition) is 1. The van der Waals surface area contributed by atoms with Crippen molar-refractivity contribution in [3.63, 3.8) is 0 Å². The maximum atomic E-state index is 10.5. The van der Waals surface area contributed by atoms with Crippen LogP contribution >= 0.6 is 0 Å². The summed E-state index contributed by atoms with van der Waals surface area (Å²) < 4.78 is 1.99. The van der Waals surface area contributed by atoms with Crippen LogP contribution in [0.1, 0.15) is 48.0 Å². The van der Waals surface area contributed by atoms with E-state index in [-0.39, 0.29) is 0 Å². The zero-order valence-electron chi connectivity index (χ0n) is 12.8. The highest BCUT2D eigenvalue weighted by Gasteiger charge is 2.14. The van der Waals surface area contributed by atoms with Crippen LogP contribution in [0.2, 0.25) is 0 Å². The highest BCUT2D eigenvalue weighted by atomic mass is 16.3. The fourth-order valence-electron chi connectivity index (χ4n) is 2.64. The Morgan fingerprint density at radius 1 is 1.10 bits per heavy atom. The normalized spacial score (nSPS) is 12.7. The maximum absolute atomic E-state index is 10.5. The molecule has 0 bridgehead atoms. The van der Waals surface area contributed by atoms with E-state index in [1.54, 1.807) is 0 Å². The van der Waals surface area contributed by atoms with Crippen molar-refractivity contribution in [1.82, 2.24) is 9.78 Å². The average molecular weight is 272 g/mol. The van der Waals surface area contributed by atoms with E-state index < -0.39 is 6.10 Å². The van der Waals surface area contributed by atoms with Gasteiger partial charge >= 0.3 is 0 Å². The minimum absolute atomic E-state index is 0.472. The molecule has 0 spiro atoms. The second-order valence-electron chi connectivity index (χ2n) is 5.44. The van der Waals surface area contributed by atoms with Crippen LogP contribution in [0.25, 0.3) is 0 Å². The number of nitrogens with zero attached hydrogens (tertiary/aromatic N) is 2. The molecule has 0 radical (unpaired) electrons. The molecule has 1 heterocycles. The summed E-state index contributed by atoms with van der Waals surface area (Å²) >= 11 is 0. The van der Waals surface area contributed by atoms with Crippen molar-refractivity contribution >= 4 is 0 Å². The molecule has 0 aliphatic heterocycles. The minimum Gasteiger partial charge on any atom is -0.388 e. The fourth-order valence-corrected chi connectivity index (χ4v) is 2.64. The molecule has 0 fully saturated rings. The lowest BCUT2D eigenvalue weighted by molar-refractivity contribution is 0.175. The Bertz CT molecular complexity index is 566. The number of benzene rings is 1. The lowest BCUT2D eigenvalue weighted by Gasteiger charge is -2.13. The average Bonchev–Trinajstić information content (AvgIpc) is 2.79. The maximum Gasteiger partial charge on any atom is 0.0845 e. The number of hydrogen-bond acceptors (Lipinski definition) is 2. The number of rotatable bonds is 5. The highest BCUT2D eigenvalue weighted by Crippen LogP contribution is 2.21. The molecule has 1 aromatic carbocycles. The van der Waals surface area contributed by atoms with Gasteiger partial charge in [-0.15, -0.1) is 0 Å². The molecule has 0 saturated heterocycles. The lowest BCUT2D eigenvalue weighted by atomic mass is 10.00. The molecule has 0 saturated carbocycles. The van der Waals surface area contributed by atoms with Crippen LogP contribution < -0.4 is 0 Å². The minimum atomic E-state index is -0.472. The fraction of sp³-hybridized carbons (Fsp3) is 0.471. The molecule has 0 aliphatic rings. The molecule has 1 atom stereocenters. The third kappa shape index (κ3) is 3.28. The molecule has 0 aliphatic carbocycles. The second kappa shape index (κ2) is 6.23. The topological polar surface area (TPSA) is 38.0 Å². The van der Waals surface area contributed by atoms with Crippen molar-refractivity contribution in [2.24, 2.45) is 0 Å². The Hall–Kier alpha value is -1.61. The van der Waals surface area contributed by atoms with Gasteiger partial charge in [0.1, 0.15) is 0 Å². The van der Waals surface area contributed by atoms with Crippen molar-refractivity contribution in [1.29, 1.82) is 0 Å². The Morgan fingerprint density at radius 3 is 2.30 bits per heavy atom. The van der Waals surface area contributed by atoms with E-state index in [2.05, 4.69) is 57.1 Å². The smallest absolute Gasteiger partial charge is 0.0845 e.